The summed E-state index contributed by atoms with van der Waals surface area (Å²) in [4.78, 5) is 15.6. The Morgan fingerprint density at radius 2 is 1.96 bits per heavy atom. The maximum atomic E-state index is 12.4. The summed E-state index contributed by atoms with van der Waals surface area (Å²) in [5.74, 6) is -0.0187. The van der Waals surface area contributed by atoms with Crippen LogP contribution in [-0.2, 0) is 6.42 Å². The Labute approximate surface area is 149 Å². The van der Waals surface area contributed by atoms with Crippen LogP contribution in [0.2, 0.25) is 10.0 Å². The second-order valence-electron chi connectivity index (χ2n) is 5.34. The highest BCUT2D eigenvalue weighted by molar-refractivity contribution is 6.37. The van der Waals surface area contributed by atoms with Gasteiger partial charge >= 0.3 is 0 Å². The molecular weight excluding hydrogens is 347 g/mol. The molecule has 1 heterocycles. The fourth-order valence-electron chi connectivity index (χ4n) is 2.60. The zero-order valence-corrected chi connectivity index (χ0v) is 14.5. The number of carbonyl (C=O) groups excluding carboxylic acids is 1. The van der Waals surface area contributed by atoms with Gasteiger partial charge < -0.3 is 15.0 Å². The van der Waals surface area contributed by atoms with Gasteiger partial charge in [0.15, 0.2) is 5.75 Å². The maximum Gasteiger partial charge on any atom is 0.256 e. The van der Waals surface area contributed by atoms with Crippen LogP contribution in [-0.4, -0.2) is 24.5 Å². The van der Waals surface area contributed by atoms with Crippen LogP contribution in [0, 0.1) is 0 Å². The second-order valence-corrected chi connectivity index (χ2v) is 6.16. The molecule has 0 fully saturated rings. The number of methoxy groups -OCH3 is 1. The molecule has 1 aromatic heterocycles. The number of fused-ring (bicyclic) bond motifs is 1. The summed E-state index contributed by atoms with van der Waals surface area (Å²) in [7, 11) is 1.46. The van der Waals surface area contributed by atoms with Gasteiger partial charge in [0.05, 0.1) is 17.2 Å². The Kier molecular flexibility index (Phi) is 4.97. The average molecular weight is 363 g/mol. The molecule has 0 aliphatic rings. The molecule has 124 valence electrons. The number of H-pyrrole nitrogens is 1. The van der Waals surface area contributed by atoms with E-state index >= 15 is 0 Å². The molecule has 1 amide bonds. The highest BCUT2D eigenvalue weighted by Gasteiger charge is 2.19. The molecule has 0 spiro atoms. The van der Waals surface area contributed by atoms with Crippen molar-refractivity contribution in [3.05, 3.63) is 63.8 Å². The van der Waals surface area contributed by atoms with Crippen LogP contribution in [0.15, 0.2) is 42.6 Å². The smallest absolute Gasteiger partial charge is 0.256 e. The van der Waals surface area contributed by atoms with Crippen molar-refractivity contribution in [2.45, 2.75) is 6.42 Å². The molecular formula is C18H16Cl2N2O2. The molecule has 3 aromatic rings. The third-order valence-corrected chi connectivity index (χ3v) is 4.42. The van der Waals surface area contributed by atoms with E-state index in [0.29, 0.717) is 23.0 Å². The van der Waals surface area contributed by atoms with Crippen LogP contribution < -0.4 is 10.1 Å². The third kappa shape index (κ3) is 3.35. The third-order valence-electron chi connectivity index (χ3n) is 3.81. The van der Waals surface area contributed by atoms with Crippen LogP contribution >= 0.6 is 23.2 Å². The van der Waals surface area contributed by atoms with E-state index in [2.05, 4.69) is 28.5 Å². The zero-order chi connectivity index (χ0) is 17.1. The van der Waals surface area contributed by atoms with Gasteiger partial charge in [-0.25, -0.2) is 0 Å². The Morgan fingerprint density at radius 1 is 1.17 bits per heavy atom. The Balaban J connectivity index is 1.68. The molecule has 0 radical (unpaired) electrons. The standard InChI is InChI=1S/C18H16Cl2N2O2/c1-24-17-14(20)5-4-13(19)16(17)18(23)22-8-6-11-2-3-12-7-9-21-15(12)10-11/h2-5,7,9-10,21H,6,8H2,1H3,(H,22,23). The van der Waals surface area contributed by atoms with Gasteiger partial charge in [-0.1, -0.05) is 35.3 Å². The molecule has 2 N–H and O–H groups in total. The van der Waals surface area contributed by atoms with Crippen LogP contribution in [0.3, 0.4) is 0 Å². The van der Waals surface area contributed by atoms with Gasteiger partial charge in [0.1, 0.15) is 5.56 Å². The number of carbonyl (C=O) groups is 1. The maximum absolute atomic E-state index is 12.4. The lowest BCUT2D eigenvalue weighted by Crippen LogP contribution is -2.26. The van der Waals surface area contributed by atoms with Crippen molar-refractivity contribution >= 4 is 40.0 Å². The number of aromatic nitrogens is 1. The van der Waals surface area contributed by atoms with Crippen molar-refractivity contribution in [2.24, 2.45) is 0 Å². The van der Waals surface area contributed by atoms with E-state index in [9.17, 15) is 4.79 Å². The average Bonchev–Trinajstić information content (AvgIpc) is 3.04. The largest absolute Gasteiger partial charge is 0.494 e. The van der Waals surface area contributed by atoms with E-state index in [1.165, 1.54) is 12.5 Å². The molecule has 4 nitrogen and oxygen atoms in total. The summed E-state index contributed by atoms with van der Waals surface area (Å²) in [5, 5.41) is 4.68. The van der Waals surface area contributed by atoms with Crippen LogP contribution in [0.4, 0.5) is 0 Å². The molecule has 3 rings (SSSR count). The molecule has 0 unspecified atom stereocenters. The monoisotopic (exact) mass is 362 g/mol. The molecule has 0 atom stereocenters. The molecule has 0 bridgehead atoms. The minimum Gasteiger partial charge on any atom is -0.494 e. The molecule has 0 saturated carbocycles. The van der Waals surface area contributed by atoms with E-state index < -0.39 is 0 Å². The van der Waals surface area contributed by atoms with Crippen molar-refractivity contribution in [3.63, 3.8) is 0 Å². The summed E-state index contributed by atoms with van der Waals surface area (Å²) in [6.07, 6.45) is 2.62. The van der Waals surface area contributed by atoms with Gasteiger partial charge in [0, 0.05) is 18.3 Å². The van der Waals surface area contributed by atoms with Gasteiger partial charge in [-0.05, 0) is 41.6 Å². The number of nitrogens with one attached hydrogen (secondary N) is 2. The number of hydrogen-bond acceptors (Lipinski definition) is 2. The summed E-state index contributed by atoms with van der Waals surface area (Å²) in [6, 6.07) is 11.4. The van der Waals surface area contributed by atoms with Gasteiger partial charge in [-0.15, -0.1) is 0 Å². The summed E-state index contributed by atoms with van der Waals surface area (Å²) < 4.78 is 5.20. The second kappa shape index (κ2) is 7.16. The van der Waals surface area contributed by atoms with Crippen LogP contribution in [0.1, 0.15) is 15.9 Å². The number of rotatable bonds is 5. The number of halogens is 2. The molecule has 24 heavy (non-hydrogen) atoms. The number of aromatic amines is 1. The van der Waals surface area contributed by atoms with Crippen LogP contribution in [0.25, 0.3) is 10.9 Å². The topological polar surface area (TPSA) is 54.1 Å². The van der Waals surface area contributed by atoms with Gasteiger partial charge in [-0.2, -0.15) is 0 Å². The van der Waals surface area contributed by atoms with Crippen molar-refractivity contribution in [1.82, 2.24) is 10.3 Å². The Hall–Kier alpha value is -2.17. The lowest BCUT2D eigenvalue weighted by Gasteiger charge is -2.12. The normalized spacial score (nSPS) is 10.8. The fourth-order valence-corrected chi connectivity index (χ4v) is 3.07. The molecule has 0 aliphatic carbocycles. The first-order valence-corrected chi connectivity index (χ1v) is 8.22. The van der Waals surface area contributed by atoms with Crippen molar-refractivity contribution in [2.75, 3.05) is 13.7 Å². The van der Waals surface area contributed by atoms with E-state index in [0.717, 1.165) is 11.1 Å². The minimum atomic E-state index is -0.305. The first-order chi connectivity index (χ1) is 11.6. The number of hydrogen-bond donors (Lipinski definition) is 2. The van der Waals surface area contributed by atoms with E-state index in [4.69, 9.17) is 27.9 Å². The lowest BCUT2D eigenvalue weighted by atomic mass is 10.1. The lowest BCUT2D eigenvalue weighted by molar-refractivity contribution is 0.0951. The first kappa shape index (κ1) is 16.7. The van der Waals surface area contributed by atoms with E-state index in [1.807, 2.05) is 12.3 Å². The summed E-state index contributed by atoms with van der Waals surface area (Å²) in [6.45, 7) is 0.483. The van der Waals surface area contributed by atoms with Crippen LogP contribution in [0.5, 0.6) is 5.75 Å². The molecule has 2 aromatic carbocycles. The Bertz CT molecular complexity index is 890. The van der Waals surface area contributed by atoms with E-state index in [-0.39, 0.29) is 17.2 Å². The Morgan fingerprint density at radius 3 is 2.75 bits per heavy atom. The molecule has 0 saturated heterocycles. The molecule has 0 aliphatic heterocycles. The highest BCUT2D eigenvalue weighted by Crippen LogP contribution is 2.33. The fraction of sp³-hybridized carbons (Fsp3) is 0.167. The summed E-state index contributed by atoms with van der Waals surface area (Å²) >= 11 is 12.2. The van der Waals surface area contributed by atoms with Gasteiger partial charge in [0.2, 0.25) is 0 Å². The van der Waals surface area contributed by atoms with Gasteiger partial charge in [0.25, 0.3) is 5.91 Å². The number of ether oxygens (including phenoxy) is 1. The molecule has 6 heteroatoms. The number of amides is 1. The van der Waals surface area contributed by atoms with Gasteiger partial charge in [-0.3, -0.25) is 4.79 Å². The number of benzene rings is 2. The predicted molar refractivity (Wildman–Crippen MR) is 97.3 cm³/mol. The van der Waals surface area contributed by atoms with Crippen molar-refractivity contribution in [1.29, 1.82) is 0 Å². The highest BCUT2D eigenvalue weighted by atomic mass is 35.5. The first-order valence-electron chi connectivity index (χ1n) is 7.46. The SMILES string of the molecule is COc1c(Cl)ccc(Cl)c1C(=O)NCCc1ccc2cc[nH]c2c1. The van der Waals surface area contributed by atoms with Crippen molar-refractivity contribution in [3.8, 4) is 5.75 Å². The summed E-state index contributed by atoms with van der Waals surface area (Å²) in [5.41, 5.74) is 2.47. The predicted octanol–water partition coefficient (Wildman–Crippen LogP) is 4.46. The minimum absolute atomic E-state index is 0.256. The van der Waals surface area contributed by atoms with Crippen molar-refractivity contribution < 1.29 is 9.53 Å². The zero-order valence-electron chi connectivity index (χ0n) is 13.0. The van der Waals surface area contributed by atoms with E-state index in [1.54, 1.807) is 12.1 Å². The quantitative estimate of drug-likeness (QED) is 0.703.